The molecular formula is C12H8ClFO2S2. The van der Waals surface area contributed by atoms with Gasteiger partial charge in [-0.1, -0.05) is 17.7 Å². The summed E-state index contributed by atoms with van der Waals surface area (Å²) in [5.74, 6) is -0.735. The molecule has 0 radical (unpaired) electrons. The lowest BCUT2D eigenvalue weighted by molar-refractivity contribution is 0.0702. The molecule has 1 heterocycles. The Morgan fingerprint density at radius 3 is 2.83 bits per heavy atom. The highest BCUT2D eigenvalue weighted by molar-refractivity contribution is 7.98. The van der Waals surface area contributed by atoms with E-state index in [0.717, 1.165) is 10.5 Å². The average molecular weight is 303 g/mol. The van der Waals surface area contributed by atoms with Crippen molar-refractivity contribution >= 4 is 40.7 Å². The first-order valence-corrected chi connectivity index (χ1v) is 7.19. The van der Waals surface area contributed by atoms with Gasteiger partial charge in [0, 0.05) is 16.0 Å². The Bertz CT molecular complexity index is 583. The third-order valence-corrected chi connectivity index (χ3v) is 4.58. The fraction of sp³-hybridized carbons (Fsp3) is 0.0833. The van der Waals surface area contributed by atoms with Crippen molar-refractivity contribution in [2.45, 2.75) is 10.6 Å². The van der Waals surface area contributed by atoms with E-state index in [9.17, 15) is 9.18 Å². The highest BCUT2D eigenvalue weighted by atomic mass is 35.5. The molecule has 0 bridgehead atoms. The van der Waals surface area contributed by atoms with Crippen LogP contribution in [-0.2, 0) is 5.75 Å². The molecule has 0 unspecified atom stereocenters. The fourth-order valence-corrected chi connectivity index (χ4v) is 3.32. The molecule has 0 saturated carbocycles. The van der Waals surface area contributed by atoms with Gasteiger partial charge in [0.1, 0.15) is 10.7 Å². The summed E-state index contributed by atoms with van der Waals surface area (Å²) in [6.45, 7) is 0. The van der Waals surface area contributed by atoms with Gasteiger partial charge >= 0.3 is 5.97 Å². The van der Waals surface area contributed by atoms with Gasteiger partial charge in [0.05, 0.1) is 5.02 Å². The van der Waals surface area contributed by atoms with Crippen LogP contribution >= 0.6 is 34.7 Å². The quantitative estimate of drug-likeness (QED) is 0.843. The van der Waals surface area contributed by atoms with Crippen LogP contribution in [0.2, 0.25) is 5.02 Å². The second kappa shape index (κ2) is 5.73. The van der Waals surface area contributed by atoms with Gasteiger partial charge in [0.15, 0.2) is 0 Å². The first-order valence-electron chi connectivity index (χ1n) is 4.95. The molecule has 0 fully saturated rings. The molecule has 0 saturated heterocycles. The number of carboxylic acid groups (broad SMARTS) is 1. The van der Waals surface area contributed by atoms with E-state index < -0.39 is 11.8 Å². The fourth-order valence-electron chi connectivity index (χ4n) is 1.30. The lowest BCUT2D eigenvalue weighted by Gasteiger charge is -2.01. The molecule has 2 nitrogen and oxygen atoms in total. The monoisotopic (exact) mass is 302 g/mol. The van der Waals surface area contributed by atoms with Crippen LogP contribution in [0.25, 0.3) is 0 Å². The lowest BCUT2D eigenvalue weighted by atomic mass is 10.2. The zero-order valence-electron chi connectivity index (χ0n) is 9.02. The van der Waals surface area contributed by atoms with Crippen LogP contribution in [0, 0.1) is 5.82 Å². The molecule has 6 heteroatoms. The van der Waals surface area contributed by atoms with Gasteiger partial charge in [-0.05, 0) is 23.8 Å². The maximum absolute atomic E-state index is 13.0. The van der Waals surface area contributed by atoms with Crippen molar-refractivity contribution in [2.75, 3.05) is 0 Å². The van der Waals surface area contributed by atoms with Crippen LogP contribution in [0.5, 0.6) is 0 Å². The topological polar surface area (TPSA) is 37.3 Å². The molecule has 0 aliphatic heterocycles. The molecule has 94 valence electrons. The number of halogens is 2. The first-order chi connectivity index (χ1) is 8.56. The zero-order valence-corrected chi connectivity index (χ0v) is 11.4. The molecule has 0 aliphatic rings. The third kappa shape index (κ3) is 3.25. The predicted octanol–water partition coefficient (Wildman–Crippen LogP) is 4.53. The number of benzene rings is 1. The number of rotatable bonds is 4. The Labute approximate surface area is 116 Å². The summed E-state index contributed by atoms with van der Waals surface area (Å²) < 4.78 is 13.0. The van der Waals surface area contributed by atoms with E-state index in [2.05, 4.69) is 0 Å². The lowest BCUT2D eigenvalue weighted by Crippen LogP contribution is -1.89. The van der Waals surface area contributed by atoms with E-state index in [1.165, 1.54) is 29.2 Å². The Kier molecular flexibility index (Phi) is 4.27. The number of thioether (sulfide) groups is 1. The highest BCUT2D eigenvalue weighted by Gasteiger charge is 2.07. The average Bonchev–Trinajstić information content (AvgIpc) is 2.79. The Balaban J connectivity index is 2.02. The van der Waals surface area contributed by atoms with Crippen molar-refractivity contribution in [3.8, 4) is 0 Å². The van der Waals surface area contributed by atoms with Gasteiger partial charge in [0.25, 0.3) is 0 Å². The van der Waals surface area contributed by atoms with Crippen molar-refractivity contribution < 1.29 is 14.3 Å². The van der Waals surface area contributed by atoms with Gasteiger partial charge in [-0.15, -0.1) is 23.1 Å². The molecule has 0 aliphatic carbocycles. The Morgan fingerprint density at radius 2 is 2.22 bits per heavy atom. The SMILES string of the molecule is O=C(O)c1cc(SCc2ccc(F)c(Cl)c2)cs1. The summed E-state index contributed by atoms with van der Waals surface area (Å²) in [6.07, 6.45) is 0. The highest BCUT2D eigenvalue weighted by Crippen LogP contribution is 2.28. The van der Waals surface area contributed by atoms with E-state index in [1.54, 1.807) is 23.6 Å². The summed E-state index contributed by atoms with van der Waals surface area (Å²) in [5.41, 5.74) is 0.898. The minimum Gasteiger partial charge on any atom is -0.477 e. The van der Waals surface area contributed by atoms with Gasteiger partial charge in [-0.25, -0.2) is 9.18 Å². The van der Waals surface area contributed by atoms with Crippen LogP contribution in [0.1, 0.15) is 15.2 Å². The normalized spacial score (nSPS) is 10.6. The van der Waals surface area contributed by atoms with Crippen LogP contribution in [0.4, 0.5) is 4.39 Å². The van der Waals surface area contributed by atoms with Crippen LogP contribution in [-0.4, -0.2) is 11.1 Å². The molecule has 0 spiro atoms. The van der Waals surface area contributed by atoms with Crippen molar-refractivity contribution in [1.29, 1.82) is 0 Å². The predicted molar refractivity (Wildman–Crippen MR) is 72.2 cm³/mol. The Morgan fingerprint density at radius 1 is 1.44 bits per heavy atom. The van der Waals surface area contributed by atoms with Crippen LogP contribution in [0.15, 0.2) is 34.5 Å². The van der Waals surface area contributed by atoms with Crippen molar-refractivity contribution in [2.24, 2.45) is 0 Å². The van der Waals surface area contributed by atoms with E-state index in [4.69, 9.17) is 16.7 Å². The molecular weight excluding hydrogens is 295 g/mol. The number of carboxylic acids is 1. The number of aromatic carboxylic acids is 1. The zero-order chi connectivity index (χ0) is 13.1. The summed E-state index contributed by atoms with van der Waals surface area (Å²) in [7, 11) is 0. The smallest absolute Gasteiger partial charge is 0.345 e. The molecule has 1 aromatic heterocycles. The summed E-state index contributed by atoms with van der Waals surface area (Å²) >= 11 is 8.37. The van der Waals surface area contributed by atoms with Gasteiger partial charge in [0.2, 0.25) is 0 Å². The molecule has 0 amide bonds. The summed E-state index contributed by atoms with van der Waals surface area (Å²) in [6, 6.07) is 6.20. The van der Waals surface area contributed by atoms with Crippen molar-refractivity contribution in [3.63, 3.8) is 0 Å². The standard InChI is InChI=1S/C12H8ClFO2S2/c13-9-3-7(1-2-10(9)14)5-17-8-4-11(12(15)16)18-6-8/h1-4,6H,5H2,(H,15,16). The van der Waals surface area contributed by atoms with E-state index in [-0.39, 0.29) is 5.02 Å². The molecule has 2 aromatic rings. The number of hydrogen-bond donors (Lipinski definition) is 1. The largest absolute Gasteiger partial charge is 0.477 e. The van der Waals surface area contributed by atoms with Crippen molar-refractivity contribution in [1.82, 2.24) is 0 Å². The van der Waals surface area contributed by atoms with Crippen LogP contribution < -0.4 is 0 Å². The van der Waals surface area contributed by atoms with Crippen LogP contribution in [0.3, 0.4) is 0 Å². The second-order valence-electron chi connectivity index (χ2n) is 3.49. The maximum Gasteiger partial charge on any atom is 0.345 e. The molecule has 2 rings (SSSR count). The number of hydrogen-bond acceptors (Lipinski definition) is 3. The maximum atomic E-state index is 13.0. The van der Waals surface area contributed by atoms with E-state index in [0.29, 0.717) is 10.6 Å². The summed E-state index contributed by atoms with van der Waals surface area (Å²) in [4.78, 5) is 11.9. The minimum atomic E-state index is -0.920. The number of thiophene rings is 1. The summed E-state index contributed by atoms with van der Waals surface area (Å²) in [5, 5.41) is 10.7. The minimum absolute atomic E-state index is 0.102. The molecule has 18 heavy (non-hydrogen) atoms. The third-order valence-electron chi connectivity index (χ3n) is 2.18. The molecule has 0 atom stereocenters. The van der Waals surface area contributed by atoms with Gasteiger partial charge in [-0.2, -0.15) is 0 Å². The second-order valence-corrected chi connectivity index (χ2v) is 5.86. The van der Waals surface area contributed by atoms with E-state index in [1.807, 2.05) is 0 Å². The van der Waals surface area contributed by atoms with Gasteiger partial charge < -0.3 is 5.11 Å². The van der Waals surface area contributed by atoms with E-state index >= 15 is 0 Å². The number of carbonyl (C=O) groups is 1. The Hall–Kier alpha value is -1.04. The van der Waals surface area contributed by atoms with Crippen molar-refractivity contribution in [3.05, 3.63) is 50.9 Å². The molecule has 1 N–H and O–H groups in total. The molecule has 1 aromatic carbocycles. The first kappa shape index (κ1) is 13.4. The van der Waals surface area contributed by atoms with Gasteiger partial charge in [-0.3, -0.25) is 0 Å².